The summed E-state index contributed by atoms with van der Waals surface area (Å²) < 4.78 is 5.26. The number of carbonyl (C=O) groups excluding carboxylic acids is 1. The molecule has 0 radical (unpaired) electrons. The number of nitrogens with zero attached hydrogens (tertiary/aromatic N) is 1. The molecule has 1 atom stereocenters. The van der Waals surface area contributed by atoms with Crippen LogP contribution in [0.2, 0.25) is 0 Å². The van der Waals surface area contributed by atoms with Gasteiger partial charge in [0.25, 0.3) is 0 Å². The summed E-state index contributed by atoms with van der Waals surface area (Å²) in [6, 6.07) is 1.29. The first-order valence-corrected chi connectivity index (χ1v) is 7.98. The van der Waals surface area contributed by atoms with E-state index < -0.39 is 5.60 Å². The standard InChI is InChI=1S/C16H33N3O2/c1-11(2)14(19(6)7)10-17-12-8-13(9-12)18-15(20)21-16(3,4)5/h11-14,17H,8-10H2,1-7H3,(H,18,20). The number of carbonyl (C=O) groups is 1. The van der Waals surface area contributed by atoms with Crippen molar-refractivity contribution in [2.24, 2.45) is 5.92 Å². The minimum Gasteiger partial charge on any atom is -0.444 e. The van der Waals surface area contributed by atoms with E-state index in [0.717, 1.165) is 19.4 Å². The largest absolute Gasteiger partial charge is 0.444 e. The van der Waals surface area contributed by atoms with Crippen molar-refractivity contribution in [1.82, 2.24) is 15.5 Å². The van der Waals surface area contributed by atoms with Gasteiger partial charge in [-0.25, -0.2) is 4.79 Å². The molecule has 0 aromatic carbocycles. The molecule has 0 spiro atoms. The van der Waals surface area contributed by atoms with Crippen LogP contribution in [0.15, 0.2) is 0 Å². The summed E-state index contributed by atoms with van der Waals surface area (Å²) in [5, 5.41) is 6.52. The van der Waals surface area contributed by atoms with Gasteiger partial charge >= 0.3 is 6.09 Å². The van der Waals surface area contributed by atoms with Crippen LogP contribution in [0.3, 0.4) is 0 Å². The summed E-state index contributed by atoms with van der Waals surface area (Å²) in [6.45, 7) is 11.1. The molecule has 0 bridgehead atoms. The molecule has 0 aliphatic heterocycles. The van der Waals surface area contributed by atoms with Gasteiger partial charge in [0.05, 0.1) is 0 Å². The van der Waals surface area contributed by atoms with Crippen LogP contribution in [0.25, 0.3) is 0 Å². The molecule has 21 heavy (non-hydrogen) atoms. The first kappa shape index (κ1) is 18.2. The number of likely N-dealkylation sites (N-methyl/N-ethyl adjacent to an activating group) is 1. The van der Waals surface area contributed by atoms with Crippen LogP contribution in [0.4, 0.5) is 4.79 Å². The monoisotopic (exact) mass is 299 g/mol. The third-order valence-corrected chi connectivity index (χ3v) is 3.91. The molecule has 0 heterocycles. The molecule has 1 fully saturated rings. The molecular weight excluding hydrogens is 266 g/mol. The smallest absolute Gasteiger partial charge is 0.407 e. The van der Waals surface area contributed by atoms with Crippen LogP contribution in [-0.2, 0) is 4.74 Å². The second kappa shape index (κ2) is 7.45. The lowest BCUT2D eigenvalue weighted by Gasteiger charge is -2.38. The first-order valence-electron chi connectivity index (χ1n) is 7.98. The molecule has 1 saturated carbocycles. The SMILES string of the molecule is CC(C)C(CNC1CC(NC(=O)OC(C)(C)C)C1)N(C)C. The molecule has 2 N–H and O–H groups in total. The molecule has 5 nitrogen and oxygen atoms in total. The zero-order valence-corrected chi connectivity index (χ0v) is 14.7. The van der Waals surface area contributed by atoms with Gasteiger partial charge in [0.2, 0.25) is 0 Å². The summed E-state index contributed by atoms with van der Waals surface area (Å²) in [5.41, 5.74) is -0.429. The van der Waals surface area contributed by atoms with Crippen molar-refractivity contribution >= 4 is 6.09 Å². The number of nitrogens with one attached hydrogen (secondary N) is 2. The fraction of sp³-hybridized carbons (Fsp3) is 0.938. The van der Waals surface area contributed by atoms with Gasteiger partial charge in [0.15, 0.2) is 0 Å². The number of alkyl carbamates (subject to hydrolysis) is 1. The maximum Gasteiger partial charge on any atom is 0.407 e. The Hall–Kier alpha value is -0.810. The van der Waals surface area contributed by atoms with Crippen LogP contribution in [0, 0.1) is 5.92 Å². The fourth-order valence-corrected chi connectivity index (χ4v) is 2.68. The molecule has 0 saturated heterocycles. The average molecular weight is 299 g/mol. The first-order chi connectivity index (χ1) is 9.58. The van der Waals surface area contributed by atoms with E-state index in [1.54, 1.807) is 0 Å². The molecule has 1 unspecified atom stereocenters. The van der Waals surface area contributed by atoms with Crippen molar-refractivity contribution in [3.63, 3.8) is 0 Å². The van der Waals surface area contributed by atoms with Crippen LogP contribution in [0.5, 0.6) is 0 Å². The fourth-order valence-electron chi connectivity index (χ4n) is 2.68. The van der Waals surface area contributed by atoms with E-state index >= 15 is 0 Å². The van der Waals surface area contributed by atoms with Crippen LogP contribution < -0.4 is 10.6 Å². The highest BCUT2D eigenvalue weighted by atomic mass is 16.6. The van der Waals surface area contributed by atoms with E-state index in [-0.39, 0.29) is 12.1 Å². The van der Waals surface area contributed by atoms with Crippen LogP contribution in [-0.4, -0.2) is 55.4 Å². The minimum absolute atomic E-state index is 0.245. The Labute approximate surface area is 129 Å². The number of amides is 1. The summed E-state index contributed by atoms with van der Waals surface area (Å²) >= 11 is 0. The van der Waals surface area contributed by atoms with E-state index in [1.165, 1.54) is 0 Å². The maximum absolute atomic E-state index is 11.7. The Bertz CT molecular complexity index is 323. The van der Waals surface area contributed by atoms with E-state index in [1.807, 2.05) is 20.8 Å². The van der Waals surface area contributed by atoms with Gasteiger partial charge in [-0.05, 0) is 53.6 Å². The normalized spacial score (nSPS) is 23.9. The van der Waals surface area contributed by atoms with Crippen molar-refractivity contribution in [3.05, 3.63) is 0 Å². The molecule has 0 aromatic rings. The van der Waals surface area contributed by atoms with Gasteiger partial charge in [-0.3, -0.25) is 0 Å². The van der Waals surface area contributed by atoms with E-state index in [0.29, 0.717) is 18.0 Å². The predicted molar refractivity (Wildman–Crippen MR) is 86.5 cm³/mol. The highest BCUT2D eigenvalue weighted by Crippen LogP contribution is 2.21. The molecule has 1 amide bonds. The van der Waals surface area contributed by atoms with E-state index in [4.69, 9.17) is 4.74 Å². The lowest BCUT2D eigenvalue weighted by Crippen LogP contribution is -2.55. The second-order valence-corrected chi connectivity index (χ2v) is 7.69. The van der Waals surface area contributed by atoms with Crippen molar-refractivity contribution in [3.8, 4) is 0 Å². The minimum atomic E-state index is -0.429. The lowest BCUT2D eigenvalue weighted by molar-refractivity contribution is 0.0463. The average Bonchev–Trinajstić information content (AvgIpc) is 2.21. The lowest BCUT2D eigenvalue weighted by atomic mass is 9.86. The molecule has 5 heteroatoms. The van der Waals surface area contributed by atoms with Gasteiger partial charge < -0.3 is 20.3 Å². The Kier molecular flexibility index (Phi) is 6.47. The van der Waals surface area contributed by atoms with Gasteiger partial charge in [0, 0.05) is 24.7 Å². The molecule has 0 aromatic heterocycles. The number of ether oxygens (including phenoxy) is 1. The summed E-state index contributed by atoms with van der Waals surface area (Å²) in [7, 11) is 4.25. The zero-order valence-electron chi connectivity index (χ0n) is 14.7. The Morgan fingerprint density at radius 1 is 1.24 bits per heavy atom. The Morgan fingerprint density at radius 2 is 1.81 bits per heavy atom. The highest BCUT2D eigenvalue weighted by molar-refractivity contribution is 5.68. The number of hydrogen-bond acceptors (Lipinski definition) is 4. The topological polar surface area (TPSA) is 53.6 Å². The summed E-state index contributed by atoms with van der Waals surface area (Å²) in [4.78, 5) is 13.9. The van der Waals surface area contributed by atoms with Crippen LogP contribution in [0.1, 0.15) is 47.5 Å². The van der Waals surface area contributed by atoms with Gasteiger partial charge in [0.1, 0.15) is 5.60 Å². The van der Waals surface area contributed by atoms with Crippen LogP contribution >= 0.6 is 0 Å². The Morgan fingerprint density at radius 3 is 2.24 bits per heavy atom. The molecule has 1 aliphatic rings. The van der Waals surface area contributed by atoms with E-state index in [2.05, 4.69) is 43.5 Å². The highest BCUT2D eigenvalue weighted by Gasteiger charge is 2.32. The summed E-state index contributed by atoms with van der Waals surface area (Å²) in [6.07, 6.45) is 1.66. The third kappa shape index (κ3) is 6.66. The predicted octanol–water partition coefficient (Wildman–Crippen LogP) is 2.22. The number of hydrogen-bond donors (Lipinski definition) is 2. The van der Waals surface area contributed by atoms with Crippen molar-refractivity contribution in [2.75, 3.05) is 20.6 Å². The quantitative estimate of drug-likeness (QED) is 0.789. The van der Waals surface area contributed by atoms with Gasteiger partial charge in [-0.1, -0.05) is 13.8 Å². The summed E-state index contributed by atoms with van der Waals surface area (Å²) in [5.74, 6) is 0.628. The van der Waals surface area contributed by atoms with E-state index in [9.17, 15) is 4.79 Å². The zero-order chi connectivity index (χ0) is 16.2. The Balaban J connectivity index is 2.20. The molecule has 124 valence electrons. The second-order valence-electron chi connectivity index (χ2n) is 7.69. The third-order valence-electron chi connectivity index (χ3n) is 3.91. The van der Waals surface area contributed by atoms with Gasteiger partial charge in [-0.2, -0.15) is 0 Å². The van der Waals surface area contributed by atoms with Crippen molar-refractivity contribution in [2.45, 2.75) is 71.2 Å². The maximum atomic E-state index is 11.7. The molecule has 1 rings (SSSR count). The molecule has 1 aliphatic carbocycles. The van der Waals surface area contributed by atoms with Crippen molar-refractivity contribution < 1.29 is 9.53 Å². The molecular formula is C16H33N3O2. The van der Waals surface area contributed by atoms with Crippen molar-refractivity contribution in [1.29, 1.82) is 0 Å². The number of rotatable bonds is 6. The van der Waals surface area contributed by atoms with Gasteiger partial charge in [-0.15, -0.1) is 0 Å².